The molecule has 156 valence electrons. The highest BCUT2D eigenvalue weighted by molar-refractivity contribution is 5.97. The number of rotatable bonds is 6. The number of nitrogens with zero attached hydrogens (tertiary/aromatic N) is 2. The molecule has 1 aromatic carbocycles. The third kappa shape index (κ3) is 4.96. The lowest BCUT2D eigenvalue weighted by atomic mass is 10.1. The van der Waals surface area contributed by atoms with Gasteiger partial charge in [-0.2, -0.15) is 0 Å². The average Bonchev–Trinajstić information content (AvgIpc) is 2.70. The predicted molar refractivity (Wildman–Crippen MR) is 110 cm³/mol. The third-order valence-corrected chi connectivity index (χ3v) is 4.91. The molecule has 0 saturated carbocycles. The molecule has 7 heteroatoms. The highest BCUT2D eigenvalue weighted by Crippen LogP contribution is 2.21. The Morgan fingerprint density at radius 2 is 1.79 bits per heavy atom. The van der Waals surface area contributed by atoms with Crippen LogP contribution in [0, 0.1) is 5.92 Å². The first-order valence-corrected chi connectivity index (χ1v) is 10.2. The zero-order valence-electron chi connectivity index (χ0n) is 17.3. The van der Waals surface area contributed by atoms with Crippen LogP contribution in [0.4, 0.5) is 0 Å². The zero-order valence-corrected chi connectivity index (χ0v) is 17.3. The number of amides is 2. The molecular formula is C22H28N2O5. The smallest absolute Gasteiger partial charge is 0.349 e. The van der Waals surface area contributed by atoms with E-state index in [4.69, 9.17) is 9.15 Å². The normalized spacial score (nSPS) is 14.5. The van der Waals surface area contributed by atoms with Crippen LogP contribution in [0.3, 0.4) is 0 Å². The Morgan fingerprint density at radius 3 is 2.45 bits per heavy atom. The summed E-state index contributed by atoms with van der Waals surface area (Å²) in [5, 5.41) is 0.669. The van der Waals surface area contributed by atoms with Crippen LogP contribution < -0.4 is 10.4 Å². The Hall–Kier alpha value is -2.83. The molecule has 0 aliphatic carbocycles. The molecule has 1 aliphatic heterocycles. The van der Waals surface area contributed by atoms with E-state index >= 15 is 0 Å². The van der Waals surface area contributed by atoms with Gasteiger partial charge in [0.2, 0.25) is 5.91 Å². The van der Waals surface area contributed by atoms with Gasteiger partial charge in [-0.15, -0.1) is 0 Å². The lowest BCUT2D eigenvalue weighted by Crippen LogP contribution is -2.51. The van der Waals surface area contributed by atoms with Crippen molar-refractivity contribution in [1.29, 1.82) is 0 Å². The van der Waals surface area contributed by atoms with Gasteiger partial charge >= 0.3 is 5.63 Å². The molecule has 0 bridgehead atoms. The topological polar surface area (TPSA) is 80.1 Å². The van der Waals surface area contributed by atoms with Crippen LogP contribution in [0.15, 0.2) is 33.5 Å². The van der Waals surface area contributed by atoms with Crippen LogP contribution >= 0.6 is 0 Å². The summed E-state index contributed by atoms with van der Waals surface area (Å²) < 4.78 is 10.9. The maximum atomic E-state index is 12.9. The van der Waals surface area contributed by atoms with Gasteiger partial charge in [0, 0.05) is 44.1 Å². The van der Waals surface area contributed by atoms with Crippen molar-refractivity contribution in [1.82, 2.24) is 9.80 Å². The van der Waals surface area contributed by atoms with E-state index < -0.39 is 5.63 Å². The highest BCUT2D eigenvalue weighted by Gasteiger charge is 2.27. The molecule has 2 heterocycles. The van der Waals surface area contributed by atoms with Crippen molar-refractivity contribution in [2.24, 2.45) is 5.92 Å². The minimum Gasteiger partial charge on any atom is -0.493 e. The van der Waals surface area contributed by atoms with E-state index in [-0.39, 0.29) is 17.4 Å². The molecular weight excluding hydrogens is 372 g/mol. The van der Waals surface area contributed by atoms with E-state index in [0.717, 1.165) is 6.42 Å². The Balaban J connectivity index is 1.72. The molecule has 29 heavy (non-hydrogen) atoms. The van der Waals surface area contributed by atoms with Gasteiger partial charge in [0.05, 0.1) is 6.61 Å². The van der Waals surface area contributed by atoms with E-state index in [2.05, 4.69) is 0 Å². The molecule has 2 aromatic rings. The molecule has 3 rings (SSSR count). The lowest BCUT2D eigenvalue weighted by molar-refractivity contribution is -0.133. The number of hydrogen-bond acceptors (Lipinski definition) is 5. The maximum absolute atomic E-state index is 12.9. The van der Waals surface area contributed by atoms with Crippen molar-refractivity contribution >= 4 is 22.8 Å². The highest BCUT2D eigenvalue weighted by atomic mass is 16.5. The molecule has 1 aliphatic rings. The summed E-state index contributed by atoms with van der Waals surface area (Å²) >= 11 is 0. The number of carbonyl (C=O) groups excluding carboxylic acids is 2. The van der Waals surface area contributed by atoms with Gasteiger partial charge in [0.15, 0.2) is 0 Å². The van der Waals surface area contributed by atoms with Crippen LogP contribution in [-0.2, 0) is 4.79 Å². The summed E-state index contributed by atoms with van der Waals surface area (Å²) in [6, 6.07) is 6.82. The standard InChI is InChI=1S/C22H28N2O5/c1-4-11-28-17-6-5-16-13-18(22(27)29-19(16)14-17)21(26)24-9-7-23(8-10-24)20(25)12-15(2)3/h5-6,13-15H,4,7-12H2,1-3H3. The Morgan fingerprint density at radius 1 is 1.10 bits per heavy atom. The number of benzene rings is 1. The van der Waals surface area contributed by atoms with Gasteiger partial charge in [-0.05, 0) is 30.5 Å². The summed E-state index contributed by atoms with van der Waals surface area (Å²) in [5.41, 5.74) is -0.251. The van der Waals surface area contributed by atoms with Crippen molar-refractivity contribution in [2.45, 2.75) is 33.6 Å². The second-order valence-corrected chi connectivity index (χ2v) is 7.77. The Bertz CT molecular complexity index is 942. The first-order valence-electron chi connectivity index (χ1n) is 10.2. The Kier molecular flexibility index (Phi) is 6.56. The van der Waals surface area contributed by atoms with Gasteiger partial charge in [-0.25, -0.2) is 4.79 Å². The number of hydrogen-bond donors (Lipinski definition) is 0. The fourth-order valence-electron chi connectivity index (χ4n) is 3.36. The quantitative estimate of drug-likeness (QED) is 0.697. The molecule has 0 radical (unpaired) electrons. The van der Waals surface area contributed by atoms with Crippen molar-refractivity contribution in [3.63, 3.8) is 0 Å². The lowest BCUT2D eigenvalue weighted by Gasteiger charge is -2.35. The summed E-state index contributed by atoms with van der Waals surface area (Å²) in [6.45, 7) is 8.39. The van der Waals surface area contributed by atoms with E-state index in [9.17, 15) is 14.4 Å². The molecule has 1 aromatic heterocycles. The van der Waals surface area contributed by atoms with Crippen LogP contribution in [0.25, 0.3) is 11.0 Å². The van der Waals surface area contributed by atoms with Gasteiger partial charge in [-0.3, -0.25) is 9.59 Å². The fraction of sp³-hybridized carbons (Fsp3) is 0.500. The van der Waals surface area contributed by atoms with Crippen molar-refractivity contribution in [3.8, 4) is 5.75 Å². The number of piperazine rings is 1. The third-order valence-electron chi connectivity index (χ3n) is 4.91. The van der Waals surface area contributed by atoms with Crippen molar-refractivity contribution in [2.75, 3.05) is 32.8 Å². The monoisotopic (exact) mass is 400 g/mol. The predicted octanol–water partition coefficient (Wildman–Crippen LogP) is 2.91. The SMILES string of the molecule is CCCOc1ccc2cc(C(=O)N3CCN(C(=O)CC(C)C)CC3)c(=O)oc2c1. The molecule has 2 amide bonds. The molecule has 0 spiro atoms. The molecule has 1 fully saturated rings. The van der Waals surface area contributed by atoms with E-state index in [1.807, 2.05) is 20.8 Å². The van der Waals surface area contributed by atoms with Gasteiger partial charge in [0.1, 0.15) is 16.9 Å². The van der Waals surface area contributed by atoms with Crippen molar-refractivity contribution in [3.05, 3.63) is 40.2 Å². The van der Waals surface area contributed by atoms with E-state index in [0.29, 0.717) is 61.8 Å². The zero-order chi connectivity index (χ0) is 21.0. The molecule has 7 nitrogen and oxygen atoms in total. The minimum absolute atomic E-state index is 0.0154. The first-order chi connectivity index (χ1) is 13.9. The van der Waals surface area contributed by atoms with Crippen molar-refractivity contribution < 1.29 is 18.7 Å². The van der Waals surface area contributed by atoms with Crippen LogP contribution in [-0.4, -0.2) is 54.4 Å². The van der Waals surface area contributed by atoms with E-state index in [1.54, 1.807) is 34.1 Å². The van der Waals surface area contributed by atoms with Gasteiger partial charge in [0.25, 0.3) is 5.91 Å². The molecule has 1 saturated heterocycles. The first kappa shape index (κ1) is 20.9. The summed E-state index contributed by atoms with van der Waals surface area (Å²) in [4.78, 5) is 40.9. The number of ether oxygens (including phenoxy) is 1. The van der Waals surface area contributed by atoms with Crippen LogP contribution in [0.5, 0.6) is 5.75 Å². The van der Waals surface area contributed by atoms with E-state index in [1.165, 1.54) is 0 Å². The summed E-state index contributed by atoms with van der Waals surface area (Å²) in [7, 11) is 0. The molecule has 0 atom stereocenters. The fourth-order valence-corrected chi connectivity index (χ4v) is 3.36. The summed E-state index contributed by atoms with van der Waals surface area (Å²) in [6.07, 6.45) is 1.39. The van der Waals surface area contributed by atoms with Crippen LogP contribution in [0.2, 0.25) is 0 Å². The summed E-state index contributed by atoms with van der Waals surface area (Å²) in [5.74, 6) is 0.683. The van der Waals surface area contributed by atoms with Crippen LogP contribution in [0.1, 0.15) is 44.0 Å². The second kappa shape index (κ2) is 9.11. The van der Waals surface area contributed by atoms with Gasteiger partial charge < -0.3 is 19.0 Å². The largest absolute Gasteiger partial charge is 0.493 e. The Labute approximate surface area is 170 Å². The molecule has 0 N–H and O–H groups in total. The second-order valence-electron chi connectivity index (χ2n) is 7.77. The minimum atomic E-state index is -0.659. The van der Waals surface area contributed by atoms with Gasteiger partial charge in [-0.1, -0.05) is 20.8 Å². The molecule has 0 unspecified atom stereocenters. The number of carbonyl (C=O) groups is 2. The maximum Gasteiger partial charge on any atom is 0.349 e. The number of fused-ring (bicyclic) bond motifs is 1. The average molecular weight is 400 g/mol.